The summed E-state index contributed by atoms with van der Waals surface area (Å²) >= 11 is 0. The molecule has 0 aliphatic carbocycles. The lowest BCUT2D eigenvalue weighted by atomic mass is 9.94. The molecule has 2 heterocycles. The number of amides is 1. The minimum Gasteiger partial charge on any atom is -0.465 e. The molecule has 0 unspecified atom stereocenters. The summed E-state index contributed by atoms with van der Waals surface area (Å²) in [4.78, 5) is 12.2. The van der Waals surface area contributed by atoms with Crippen LogP contribution in [0.25, 0.3) is 0 Å². The van der Waals surface area contributed by atoms with Crippen molar-refractivity contribution >= 4 is 6.09 Å². The van der Waals surface area contributed by atoms with E-state index in [0.717, 1.165) is 25.9 Å². The van der Waals surface area contributed by atoms with Crippen LogP contribution in [0.2, 0.25) is 0 Å². The average Bonchev–Trinajstić information content (AvgIpc) is 2.49. The van der Waals surface area contributed by atoms with Gasteiger partial charge in [0.1, 0.15) is 0 Å². The van der Waals surface area contributed by atoms with Crippen molar-refractivity contribution in [1.82, 2.24) is 10.2 Å². The number of rotatable bonds is 0. The summed E-state index contributed by atoms with van der Waals surface area (Å²) in [6.07, 6.45) is 1.35. The number of hydrogen-bond donors (Lipinski definition) is 2. The van der Waals surface area contributed by atoms with E-state index < -0.39 is 6.09 Å². The summed E-state index contributed by atoms with van der Waals surface area (Å²) < 4.78 is 0. The van der Waals surface area contributed by atoms with Crippen LogP contribution in [-0.2, 0) is 0 Å². The maximum atomic E-state index is 10.6. The number of nitrogens with zero attached hydrogens (tertiary/aromatic N) is 1. The SMILES string of the molecule is O=C(O)N1CC[C@@H]2NCC[C@@H]2C1. The third kappa shape index (κ3) is 1.27. The van der Waals surface area contributed by atoms with Crippen LogP contribution in [0.1, 0.15) is 12.8 Å². The van der Waals surface area contributed by atoms with Gasteiger partial charge in [0, 0.05) is 19.1 Å². The molecule has 0 radical (unpaired) electrons. The number of likely N-dealkylation sites (tertiary alicyclic amines) is 1. The highest BCUT2D eigenvalue weighted by Crippen LogP contribution is 2.24. The molecule has 0 aromatic heterocycles. The van der Waals surface area contributed by atoms with Gasteiger partial charge >= 0.3 is 6.09 Å². The molecule has 0 aromatic rings. The first kappa shape index (κ1) is 7.86. The largest absolute Gasteiger partial charge is 0.465 e. The first-order valence-corrected chi connectivity index (χ1v) is 4.48. The Balaban J connectivity index is 1.96. The van der Waals surface area contributed by atoms with Gasteiger partial charge < -0.3 is 15.3 Å². The minimum absolute atomic E-state index is 0.565. The number of carboxylic acid groups (broad SMARTS) is 1. The van der Waals surface area contributed by atoms with Gasteiger partial charge in [0.15, 0.2) is 0 Å². The lowest BCUT2D eigenvalue weighted by Gasteiger charge is -2.32. The number of nitrogens with one attached hydrogen (secondary N) is 1. The Morgan fingerprint density at radius 1 is 1.50 bits per heavy atom. The predicted octanol–water partition coefficient (Wildman–Crippen LogP) is 0.348. The fourth-order valence-electron chi connectivity index (χ4n) is 2.22. The Kier molecular flexibility index (Phi) is 1.92. The van der Waals surface area contributed by atoms with Crippen LogP contribution in [0.5, 0.6) is 0 Å². The Morgan fingerprint density at radius 2 is 2.33 bits per heavy atom. The van der Waals surface area contributed by atoms with E-state index in [4.69, 9.17) is 5.11 Å². The Labute approximate surface area is 71.5 Å². The molecular formula is C8H14N2O2. The second-order valence-electron chi connectivity index (χ2n) is 3.63. The molecule has 2 aliphatic rings. The molecule has 4 heteroatoms. The summed E-state index contributed by atoms with van der Waals surface area (Å²) in [5, 5.41) is 12.2. The van der Waals surface area contributed by atoms with Gasteiger partial charge in [0.25, 0.3) is 0 Å². The summed E-state index contributed by atoms with van der Waals surface area (Å²) in [5.41, 5.74) is 0. The van der Waals surface area contributed by atoms with Gasteiger partial charge in [0.05, 0.1) is 0 Å². The number of fused-ring (bicyclic) bond motifs is 1. The van der Waals surface area contributed by atoms with Crippen LogP contribution in [0, 0.1) is 5.92 Å². The van der Waals surface area contributed by atoms with Crippen molar-refractivity contribution in [2.45, 2.75) is 18.9 Å². The molecule has 2 fully saturated rings. The van der Waals surface area contributed by atoms with E-state index in [-0.39, 0.29) is 0 Å². The molecule has 0 aromatic carbocycles. The highest BCUT2D eigenvalue weighted by molar-refractivity contribution is 5.65. The van der Waals surface area contributed by atoms with Crippen molar-refractivity contribution in [2.75, 3.05) is 19.6 Å². The van der Waals surface area contributed by atoms with Crippen molar-refractivity contribution in [3.63, 3.8) is 0 Å². The Hall–Kier alpha value is -0.770. The lowest BCUT2D eigenvalue weighted by Crippen LogP contribution is -2.46. The van der Waals surface area contributed by atoms with Gasteiger partial charge in [-0.1, -0.05) is 0 Å². The Bertz CT molecular complexity index is 195. The zero-order valence-electron chi connectivity index (χ0n) is 6.99. The maximum Gasteiger partial charge on any atom is 0.407 e. The van der Waals surface area contributed by atoms with E-state index in [1.165, 1.54) is 4.90 Å². The van der Waals surface area contributed by atoms with E-state index in [2.05, 4.69) is 5.32 Å². The van der Waals surface area contributed by atoms with Crippen molar-refractivity contribution in [3.8, 4) is 0 Å². The van der Waals surface area contributed by atoms with Crippen molar-refractivity contribution in [3.05, 3.63) is 0 Å². The number of carbonyl (C=O) groups is 1. The highest BCUT2D eigenvalue weighted by Gasteiger charge is 2.33. The van der Waals surface area contributed by atoms with Crippen molar-refractivity contribution < 1.29 is 9.90 Å². The summed E-state index contributed by atoms with van der Waals surface area (Å²) in [6, 6.07) is 0.584. The summed E-state index contributed by atoms with van der Waals surface area (Å²) in [7, 11) is 0. The van der Waals surface area contributed by atoms with Crippen LogP contribution < -0.4 is 5.32 Å². The van der Waals surface area contributed by atoms with Gasteiger partial charge in [0.2, 0.25) is 0 Å². The standard InChI is InChI=1S/C8H14N2O2/c11-8(12)10-4-2-7-6(5-10)1-3-9-7/h6-7,9H,1-5H2,(H,11,12)/t6-,7+/m1/s1. The van der Waals surface area contributed by atoms with E-state index in [0.29, 0.717) is 18.5 Å². The fraction of sp³-hybridized carbons (Fsp3) is 0.875. The van der Waals surface area contributed by atoms with Crippen LogP contribution >= 0.6 is 0 Å². The minimum atomic E-state index is -0.764. The Morgan fingerprint density at radius 3 is 3.08 bits per heavy atom. The average molecular weight is 170 g/mol. The van der Waals surface area contributed by atoms with E-state index in [1.54, 1.807) is 0 Å². The summed E-state index contributed by atoms with van der Waals surface area (Å²) in [6.45, 7) is 2.49. The third-order valence-corrected chi connectivity index (χ3v) is 2.93. The van der Waals surface area contributed by atoms with E-state index >= 15 is 0 Å². The zero-order chi connectivity index (χ0) is 8.55. The molecule has 4 nitrogen and oxygen atoms in total. The number of hydrogen-bond acceptors (Lipinski definition) is 2. The first-order chi connectivity index (χ1) is 5.77. The van der Waals surface area contributed by atoms with E-state index in [9.17, 15) is 4.79 Å². The van der Waals surface area contributed by atoms with Crippen molar-refractivity contribution in [1.29, 1.82) is 0 Å². The third-order valence-electron chi connectivity index (χ3n) is 2.93. The van der Waals surface area contributed by atoms with Crippen LogP contribution in [0.3, 0.4) is 0 Å². The molecule has 2 aliphatic heterocycles. The molecule has 0 bridgehead atoms. The molecule has 2 N–H and O–H groups in total. The summed E-state index contributed by atoms with van der Waals surface area (Å²) in [5.74, 6) is 0.565. The monoisotopic (exact) mass is 170 g/mol. The van der Waals surface area contributed by atoms with Gasteiger partial charge in [-0.25, -0.2) is 4.79 Å². The van der Waals surface area contributed by atoms with Gasteiger partial charge in [-0.05, 0) is 25.3 Å². The van der Waals surface area contributed by atoms with Gasteiger partial charge in [-0.3, -0.25) is 0 Å². The fourth-order valence-corrected chi connectivity index (χ4v) is 2.22. The van der Waals surface area contributed by atoms with Gasteiger partial charge in [-0.15, -0.1) is 0 Å². The maximum absolute atomic E-state index is 10.6. The zero-order valence-corrected chi connectivity index (χ0v) is 6.99. The van der Waals surface area contributed by atoms with Crippen molar-refractivity contribution in [2.24, 2.45) is 5.92 Å². The van der Waals surface area contributed by atoms with E-state index in [1.807, 2.05) is 0 Å². The molecular weight excluding hydrogens is 156 g/mol. The molecule has 0 saturated carbocycles. The predicted molar refractivity (Wildman–Crippen MR) is 44.1 cm³/mol. The first-order valence-electron chi connectivity index (χ1n) is 4.48. The molecule has 2 atom stereocenters. The molecule has 68 valence electrons. The van der Waals surface area contributed by atoms with Crippen LogP contribution in [0.15, 0.2) is 0 Å². The smallest absolute Gasteiger partial charge is 0.407 e. The quantitative estimate of drug-likeness (QED) is 0.551. The normalized spacial score (nSPS) is 34.8. The molecule has 2 rings (SSSR count). The molecule has 0 spiro atoms. The van der Waals surface area contributed by atoms with Crippen LogP contribution in [0.4, 0.5) is 4.79 Å². The number of piperidine rings is 1. The second kappa shape index (κ2) is 2.94. The highest BCUT2D eigenvalue weighted by atomic mass is 16.4. The second-order valence-corrected chi connectivity index (χ2v) is 3.63. The molecule has 1 amide bonds. The van der Waals surface area contributed by atoms with Crippen LogP contribution in [-0.4, -0.2) is 41.8 Å². The molecule has 2 saturated heterocycles. The topological polar surface area (TPSA) is 52.6 Å². The van der Waals surface area contributed by atoms with Gasteiger partial charge in [-0.2, -0.15) is 0 Å². The lowest BCUT2D eigenvalue weighted by molar-refractivity contribution is 0.116. The molecule has 12 heavy (non-hydrogen) atoms.